The highest BCUT2D eigenvalue weighted by Gasteiger charge is 2.05. The van der Waals surface area contributed by atoms with Crippen molar-refractivity contribution in [2.45, 2.75) is 13.5 Å². The highest BCUT2D eigenvalue weighted by atomic mass is 79.9. The van der Waals surface area contributed by atoms with E-state index in [1.165, 1.54) is 0 Å². The van der Waals surface area contributed by atoms with Crippen molar-refractivity contribution in [3.63, 3.8) is 0 Å². The van der Waals surface area contributed by atoms with Crippen LogP contribution in [0.3, 0.4) is 0 Å². The maximum absolute atomic E-state index is 5.87. The minimum Gasteiger partial charge on any atom is -0.436 e. The van der Waals surface area contributed by atoms with E-state index in [4.69, 9.17) is 16.3 Å². The van der Waals surface area contributed by atoms with E-state index in [1.807, 2.05) is 6.92 Å². The van der Waals surface area contributed by atoms with Crippen LogP contribution in [0, 0.1) is 0 Å². The molecule has 1 heterocycles. The number of halogens is 2. The third kappa shape index (κ3) is 4.16. The first-order valence-corrected chi connectivity index (χ1v) is 7.00. The molecule has 1 aromatic carbocycles. The number of nitrogens with one attached hydrogen (secondary N) is 1. The van der Waals surface area contributed by atoms with Gasteiger partial charge in [-0.15, -0.1) is 0 Å². The third-order valence-corrected chi connectivity index (χ3v) is 3.20. The largest absolute Gasteiger partial charge is 0.436 e. The van der Waals surface area contributed by atoms with Crippen molar-refractivity contribution < 1.29 is 4.74 Å². The van der Waals surface area contributed by atoms with Gasteiger partial charge < -0.3 is 10.1 Å². The summed E-state index contributed by atoms with van der Waals surface area (Å²) in [4.78, 5) is 8.48. The first-order valence-electron chi connectivity index (χ1n) is 5.83. The zero-order valence-corrected chi connectivity index (χ0v) is 12.7. The summed E-state index contributed by atoms with van der Waals surface area (Å²) in [6.07, 6.45) is 3.30. The Kier molecular flexibility index (Phi) is 5.13. The Morgan fingerprint density at radius 1 is 1.32 bits per heavy atom. The molecule has 100 valence electrons. The lowest BCUT2D eigenvalue weighted by molar-refractivity contribution is 0.456. The fourth-order valence-electron chi connectivity index (χ4n) is 1.41. The number of benzene rings is 1. The molecule has 0 aliphatic heterocycles. The Hall–Kier alpha value is -1.17. The molecule has 1 aromatic heterocycles. The lowest BCUT2D eigenvalue weighted by atomic mass is 10.3. The zero-order chi connectivity index (χ0) is 13.7. The number of hydrogen-bond donors (Lipinski definition) is 1. The molecule has 0 aliphatic carbocycles. The van der Waals surface area contributed by atoms with Crippen LogP contribution in [0.4, 0.5) is 0 Å². The summed E-state index contributed by atoms with van der Waals surface area (Å²) in [6, 6.07) is 5.30. The van der Waals surface area contributed by atoms with Crippen LogP contribution in [0.5, 0.6) is 11.6 Å². The van der Waals surface area contributed by atoms with Crippen molar-refractivity contribution in [3.05, 3.63) is 45.8 Å². The van der Waals surface area contributed by atoms with Crippen LogP contribution < -0.4 is 10.1 Å². The number of hydrogen-bond acceptors (Lipinski definition) is 4. The van der Waals surface area contributed by atoms with Gasteiger partial charge in [0.15, 0.2) is 0 Å². The molecule has 0 radical (unpaired) electrons. The predicted octanol–water partition coefficient (Wildman–Crippen LogP) is 3.79. The Labute approximate surface area is 125 Å². The summed E-state index contributed by atoms with van der Waals surface area (Å²) in [5, 5.41) is 3.83. The number of aromatic nitrogens is 2. The van der Waals surface area contributed by atoms with Gasteiger partial charge in [-0.2, -0.15) is 0 Å². The molecule has 0 unspecified atom stereocenters. The van der Waals surface area contributed by atoms with Gasteiger partial charge in [0.2, 0.25) is 5.88 Å². The van der Waals surface area contributed by atoms with Gasteiger partial charge in [0.25, 0.3) is 0 Å². The zero-order valence-electron chi connectivity index (χ0n) is 10.4. The molecule has 0 saturated heterocycles. The second-order valence-corrected chi connectivity index (χ2v) is 5.09. The fourth-order valence-corrected chi connectivity index (χ4v) is 2.17. The van der Waals surface area contributed by atoms with Crippen LogP contribution in [-0.4, -0.2) is 16.5 Å². The van der Waals surface area contributed by atoms with Crippen LogP contribution in [0.1, 0.15) is 12.6 Å². The molecular weight excluding hydrogens is 330 g/mol. The summed E-state index contributed by atoms with van der Waals surface area (Å²) in [6.45, 7) is 3.65. The molecule has 2 aromatic rings. The predicted molar refractivity (Wildman–Crippen MR) is 78.6 cm³/mol. The molecule has 0 atom stereocenters. The number of nitrogens with zero attached hydrogens (tertiary/aromatic N) is 2. The molecule has 6 heteroatoms. The van der Waals surface area contributed by atoms with Crippen LogP contribution in [-0.2, 0) is 6.54 Å². The SMILES string of the molecule is CCNCc1cnc(Oc2ccc(Cl)cc2Br)cn1. The summed E-state index contributed by atoms with van der Waals surface area (Å²) in [5.41, 5.74) is 0.879. The second-order valence-electron chi connectivity index (χ2n) is 3.80. The highest BCUT2D eigenvalue weighted by molar-refractivity contribution is 9.10. The lowest BCUT2D eigenvalue weighted by Crippen LogP contribution is -2.13. The second kappa shape index (κ2) is 6.84. The molecule has 0 fully saturated rings. The van der Waals surface area contributed by atoms with Crippen molar-refractivity contribution in [2.24, 2.45) is 0 Å². The van der Waals surface area contributed by atoms with Crippen LogP contribution in [0.15, 0.2) is 35.1 Å². The topological polar surface area (TPSA) is 47.0 Å². The minimum atomic E-state index is 0.447. The molecule has 0 saturated carbocycles. The fraction of sp³-hybridized carbons (Fsp3) is 0.231. The van der Waals surface area contributed by atoms with Gasteiger partial charge in [-0.1, -0.05) is 18.5 Å². The normalized spacial score (nSPS) is 10.5. The maximum atomic E-state index is 5.87. The van der Waals surface area contributed by atoms with E-state index in [9.17, 15) is 0 Å². The molecule has 4 nitrogen and oxygen atoms in total. The van der Waals surface area contributed by atoms with E-state index in [0.717, 1.165) is 16.7 Å². The molecule has 0 bridgehead atoms. The van der Waals surface area contributed by atoms with Crippen molar-refractivity contribution >= 4 is 27.5 Å². The quantitative estimate of drug-likeness (QED) is 0.898. The maximum Gasteiger partial charge on any atom is 0.237 e. The Morgan fingerprint density at radius 3 is 2.79 bits per heavy atom. The van der Waals surface area contributed by atoms with E-state index in [2.05, 4.69) is 31.2 Å². The van der Waals surface area contributed by atoms with Crippen molar-refractivity contribution in [1.82, 2.24) is 15.3 Å². The summed E-state index contributed by atoms with van der Waals surface area (Å²) in [7, 11) is 0. The standard InChI is InChI=1S/C13H13BrClN3O/c1-2-16-6-10-7-18-13(8-17-10)19-12-4-3-9(15)5-11(12)14/h3-5,7-8,16H,2,6H2,1H3. The molecule has 0 spiro atoms. The Bertz CT molecular complexity index is 548. The van der Waals surface area contributed by atoms with Gasteiger partial charge >= 0.3 is 0 Å². The van der Waals surface area contributed by atoms with Crippen LogP contribution >= 0.6 is 27.5 Å². The van der Waals surface area contributed by atoms with Gasteiger partial charge in [-0.05, 0) is 40.7 Å². The smallest absolute Gasteiger partial charge is 0.237 e. The van der Waals surface area contributed by atoms with Gasteiger partial charge in [0.1, 0.15) is 5.75 Å². The van der Waals surface area contributed by atoms with E-state index in [1.54, 1.807) is 30.6 Å². The van der Waals surface area contributed by atoms with Gasteiger partial charge in [0, 0.05) is 11.6 Å². The Balaban J connectivity index is 2.06. The molecular formula is C13H13BrClN3O. The van der Waals surface area contributed by atoms with E-state index in [0.29, 0.717) is 23.2 Å². The average molecular weight is 343 g/mol. The summed E-state index contributed by atoms with van der Waals surface area (Å²) in [5.74, 6) is 1.10. The van der Waals surface area contributed by atoms with E-state index < -0.39 is 0 Å². The van der Waals surface area contributed by atoms with Crippen molar-refractivity contribution in [2.75, 3.05) is 6.54 Å². The first kappa shape index (κ1) is 14.2. The number of ether oxygens (including phenoxy) is 1. The average Bonchev–Trinajstić information content (AvgIpc) is 2.41. The van der Waals surface area contributed by atoms with Crippen LogP contribution in [0.25, 0.3) is 0 Å². The monoisotopic (exact) mass is 341 g/mol. The molecule has 2 rings (SSSR count). The number of rotatable bonds is 5. The molecule has 0 aliphatic rings. The minimum absolute atomic E-state index is 0.447. The molecule has 19 heavy (non-hydrogen) atoms. The van der Waals surface area contributed by atoms with Crippen LogP contribution in [0.2, 0.25) is 5.02 Å². The molecule has 1 N–H and O–H groups in total. The van der Waals surface area contributed by atoms with Crippen molar-refractivity contribution in [3.8, 4) is 11.6 Å². The van der Waals surface area contributed by atoms with Crippen molar-refractivity contribution in [1.29, 1.82) is 0 Å². The van der Waals surface area contributed by atoms with Gasteiger partial charge in [-0.3, -0.25) is 4.98 Å². The first-order chi connectivity index (χ1) is 9.19. The Morgan fingerprint density at radius 2 is 2.16 bits per heavy atom. The lowest BCUT2D eigenvalue weighted by Gasteiger charge is -2.07. The third-order valence-electron chi connectivity index (χ3n) is 2.35. The summed E-state index contributed by atoms with van der Waals surface area (Å²) < 4.78 is 6.40. The van der Waals surface area contributed by atoms with E-state index in [-0.39, 0.29) is 0 Å². The highest BCUT2D eigenvalue weighted by Crippen LogP contribution is 2.30. The van der Waals surface area contributed by atoms with Gasteiger partial charge in [0.05, 0.1) is 22.6 Å². The van der Waals surface area contributed by atoms with E-state index >= 15 is 0 Å². The van der Waals surface area contributed by atoms with Gasteiger partial charge in [-0.25, -0.2) is 4.98 Å². The summed E-state index contributed by atoms with van der Waals surface area (Å²) >= 11 is 9.25. The molecule has 0 amide bonds.